The van der Waals surface area contributed by atoms with Crippen LogP contribution in [0, 0.1) is 0 Å². The summed E-state index contributed by atoms with van der Waals surface area (Å²) in [6, 6.07) is 5.67. The van der Waals surface area contributed by atoms with E-state index in [-0.39, 0.29) is 5.60 Å². The predicted octanol–water partition coefficient (Wildman–Crippen LogP) is 2.35. The molecule has 82 valence electrons. The second-order valence-electron chi connectivity index (χ2n) is 4.06. The van der Waals surface area contributed by atoms with Gasteiger partial charge in [-0.15, -0.1) is 0 Å². The minimum Gasteiger partial charge on any atom is -0.372 e. The highest BCUT2D eigenvalue weighted by Crippen LogP contribution is 2.29. The van der Waals surface area contributed by atoms with Gasteiger partial charge in [0.25, 0.3) is 0 Å². The Morgan fingerprint density at radius 3 is 2.87 bits per heavy atom. The minimum absolute atomic E-state index is 0.0151. The van der Waals surface area contributed by atoms with E-state index in [9.17, 15) is 0 Å². The van der Waals surface area contributed by atoms with Crippen LogP contribution >= 0.6 is 11.6 Å². The second kappa shape index (κ2) is 3.99. The Balaban J connectivity index is 2.00. The molecule has 0 bridgehead atoms. The van der Waals surface area contributed by atoms with Crippen molar-refractivity contribution in [3.63, 3.8) is 0 Å². The first-order chi connectivity index (χ1) is 7.13. The summed E-state index contributed by atoms with van der Waals surface area (Å²) in [6.07, 6.45) is 0. The summed E-state index contributed by atoms with van der Waals surface area (Å²) in [7, 11) is 0. The topological polar surface area (TPSA) is 25.4 Å². The molecule has 0 N–H and O–H groups in total. The SMILES string of the molecule is CCOC1(C)CN(c2cccc(Cl)n2)C1. The highest BCUT2D eigenvalue weighted by Gasteiger charge is 2.40. The van der Waals surface area contributed by atoms with Crippen LogP contribution in [-0.2, 0) is 4.74 Å². The number of halogens is 1. The fourth-order valence-corrected chi connectivity index (χ4v) is 2.10. The number of nitrogens with zero attached hydrogens (tertiary/aromatic N) is 2. The lowest BCUT2D eigenvalue weighted by atomic mass is 9.96. The van der Waals surface area contributed by atoms with E-state index >= 15 is 0 Å². The standard InChI is InChI=1S/C11H15ClN2O/c1-3-15-11(2)7-14(8-11)10-6-4-5-9(12)13-10/h4-6H,3,7-8H2,1-2H3. The van der Waals surface area contributed by atoms with Gasteiger partial charge in [-0.05, 0) is 26.0 Å². The average Bonchev–Trinajstić information content (AvgIpc) is 2.14. The molecule has 1 aromatic rings. The van der Waals surface area contributed by atoms with Crippen molar-refractivity contribution in [3.8, 4) is 0 Å². The Hall–Kier alpha value is -0.800. The molecule has 0 aromatic carbocycles. The molecule has 0 spiro atoms. The molecule has 1 aromatic heterocycles. The van der Waals surface area contributed by atoms with Gasteiger partial charge in [0.2, 0.25) is 0 Å². The predicted molar refractivity (Wildman–Crippen MR) is 61.5 cm³/mol. The lowest BCUT2D eigenvalue weighted by Crippen LogP contribution is -2.61. The van der Waals surface area contributed by atoms with E-state index in [1.165, 1.54) is 0 Å². The zero-order valence-corrected chi connectivity index (χ0v) is 9.79. The van der Waals surface area contributed by atoms with E-state index in [4.69, 9.17) is 16.3 Å². The first-order valence-electron chi connectivity index (χ1n) is 5.14. The number of aromatic nitrogens is 1. The van der Waals surface area contributed by atoms with Crippen molar-refractivity contribution < 1.29 is 4.74 Å². The fraction of sp³-hybridized carbons (Fsp3) is 0.545. The Morgan fingerprint density at radius 2 is 2.27 bits per heavy atom. The van der Waals surface area contributed by atoms with Crippen LogP contribution in [0.3, 0.4) is 0 Å². The second-order valence-corrected chi connectivity index (χ2v) is 4.44. The molecule has 4 heteroatoms. The summed E-state index contributed by atoms with van der Waals surface area (Å²) < 4.78 is 5.64. The Kier molecular flexibility index (Phi) is 2.85. The third kappa shape index (κ3) is 2.24. The molecular weight excluding hydrogens is 212 g/mol. The molecule has 1 fully saturated rings. The van der Waals surface area contributed by atoms with Crippen molar-refractivity contribution in [2.75, 3.05) is 24.6 Å². The van der Waals surface area contributed by atoms with Crippen molar-refractivity contribution in [1.29, 1.82) is 0 Å². The van der Waals surface area contributed by atoms with Gasteiger partial charge >= 0.3 is 0 Å². The van der Waals surface area contributed by atoms with E-state index in [1.807, 2.05) is 19.1 Å². The maximum Gasteiger partial charge on any atom is 0.131 e. The molecule has 0 amide bonds. The van der Waals surface area contributed by atoms with Crippen molar-refractivity contribution in [3.05, 3.63) is 23.4 Å². The Labute approximate surface area is 95.0 Å². The van der Waals surface area contributed by atoms with Crippen LogP contribution in [0.1, 0.15) is 13.8 Å². The normalized spacial score (nSPS) is 18.7. The summed E-state index contributed by atoms with van der Waals surface area (Å²) in [5.41, 5.74) is -0.0151. The minimum atomic E-state index is -0.0151. The molecule has 0 aliphatic carbocycles. The van der Waals surface area contributed by atoms with Crippen LogP contribution in [0.2, 0.25) is 5.15 Å². The lowest BCUT2D eigenvalue weighted by Gasteiger charge is -2.48. The number of rotatable bonds is 3. The third-order valence-corrected chi connectivity index (χ3v) is 2.78. The van der Waals surface area contributed by atoms with E-state index in [2.05, 4.69) is 16.8 Å². The molecule has 2 rings (SSSR count). The van der Waals surface area contributed by atoms with E-state index in [0.717, 1.165) is 25.5 Å². The van der Waals surface area contributed by atoms with Crippen LogP contribution < -0.4 is 4.90 Å². The van der Waals surface area contributed by atoms with Gasteiger partial charge in [-0.2, -0.15) is 0 Å². The fourth-order valence-electron chi connectivity index (χ4n) is 1.94. The molecule has 1 saturated heterocycles. The summed E-state index contributed by atoms with van der Waals surface area (Å²) in [5, 5.41) is 0.539. The van der Waals surface area contributed by atoms with Gasteiger partial charge in [0, 0.05) is 19.7 Å². The number of ether oxygens (including phenoxy) is 1. The van der Waals surface area contributed by atoms with Crippen LogP contribution in [0.5, 0.6) is 0 Å². The Bertz CT molecular complexity index is 350. The van der Waals surface area contributed by atoms with E-state index in [0.29, 0.717) is 5.15 Å². The molecule has 0 radical (unpaired) electrons. The molecule has 0 saturated carbocycles. The smallest absolute Gasteiger partial charge is 0.131 e. The van der Waals surface area contributed by atoms with Gasteiger partial charge in [0.15, 0.2) is 0 Å². The molecule has 1 aliphatic rings. The average molecular weight is 227 g/mol. The van der Waals surface area contributed by atoms with Gasteiger partial charge < -0.3 is 9.64 Å². The first kappa shape index (κ1) is 10.7. The number of hydrogen-bond donors (Lipinski definition) is 0. The number of pyridine rings is 1. The van der Waals surface area contributed by atoms with Crippen molar-refractivity contribution in [2.24, 2.45) is 0 Å². The zero-order chi connectivity index (χ0) is 10.9. The van der Waals surface area contributed by atoms with Gasteiger partial charge in [-0.25, -0.2) is 4.98 Å². The molecule has 0 unspecified atom stereocenters. The quantitative estimate of drug-likeness (QED) is 0.740. The van der Waals surface area contributed by atoms with Crippen LogP contribution in [0.4, 0.5) is 5.82 Å². The van der Waals surface area contributed by atoms with E-state index < -0.39 is 0 Å². The van der Waals surface area contributed by atoms with Gasteiger partial charge in [0.1, 0.15) is 16.6 Å². The molecule has 3 nitrogen and oxygen atoms in total. The monoisotopic (exact) mass is 226 g/mol. The highest BCUT2D eigenvalue weighted by atomic mass is 35.5. The zero-order valence-electron chi connectivity index (χ0n) is 9.03. The van der Waals surface area contributed by atoms with Gasteiger partial charge in [0.05, 0.1) is 0 Å². The summed E-state index contributed by atoms with van der Waals surface area (Å²) in [5.74, 6) is 0.930. The van der Waals surface area contributed by atoms with E-state index in [1.54, 1.807) is 6.07 Å². The third-order valence-electron chi connectivity index (χ3n) is 2.57. The summed E-state index contributed by atoms with van der Waals surface area (Å²) >= 11 is 5.83. The van der Waals surface area contributed by atoms with Gasteiger partial charge in [-0.3, -0.25) is 0 Å². The van der Waals surface area contributed by atoms with Crippen LogP contribution in [0.15, 0.2) is 18.2 Å². The molecular formula is C11H15ClN2O. The Morgan fingerprint density at radius 1 is 1.53 bits per heavy atom. The van der Waals surface area contributed by atoms with Gasteiger partial charge in [-0.1, -0.05) is 17.7 Å². The summed E-state index contributed by atoms with van der Waals surface area (Å²) in [6.45, 7) is 6.67. The molecule has 2 heterocycles. The van der Waals surface area contributed by atoms with Crippen molar-refractivity contribution >= 4 is 17.4 Å². The van der Waals surface area contributed by atoms with Crippen LogP contribution in [-0.4, -0.2) is 30.3 Å². The first-order valence-corrected chi connectivity index (χ1v) is 5.52. The van der Waals surface area contributed by atoms with Crippen molar-refractivity contribution in [1.82, 2.24) is 4.98 Å². The summed E-state index contributed by atoms with van der Waals surface area (Å²) in [4.78, 5) is 6.42. The lowest BCUT2D eigenvalue weighted by molar-refractivity contribution is -0.0448. The molecule has 1 aliphatic heterocycles. The number of hydrogen-bond acceptors (Lipinski definition) is 3. The molecule has 15 heavy (non-hydrogen) atoms. The largest absolute Gasteiger partial charge is 0.372 e. The van der Waals surface area contributed by atoms with Crippen molar-refractivity contribution in [2.45, 2.75) is 19.4 Å². The van der Waals surface area contributed by atoms with Crippen LogP contribution in [0.25, 0.3) is 0 Å². The maximum absolute atomic E-state index is 5.83. The highest BCUT2D eigenvalue weighted by molar-refractivity contribution is 6.29. The maximum atomic E-state index is 5.83. The number of anilines is 1. The molecule has 0 atom stereocenters.